The summed E-state index contributed by atoms with van der Waals surface area (Å²) < 4.78 is 0. The highest BCUT2D eigenvalue weighted by Gasteiger charge is 2.20. The number of piperazine rings is 1. The van der Waals surface area contributed by atoms with Crippen molar-refractivity contribution in [2.75, 3.05) is 48.7 Å². The Morgan fingerprint density at radius 1 is 1.14 bits per heavy atom. The molecule has 0 saturated carbocycles. The zero-order valence-corrected chi connectivity index (χ0v) is 16.9. The molecule has 1 fully saturated rings. The Morgan fingerprint density at radius 3 is 2.48 bits per heavy atom. The zero-order valence-electron chi connectivity index (χ0n) is 16.1. The van der Waals surface area contributed by atoms with Gasteiger partial charge < -0.3 is 10.2 Å². The molecular formula is C21H24N4O3S. The second-order valence-electron chi connectivity index (χ2n) is 6.68. The van der Waals surface area contributed by atoms with Crippen LogP contribution < -0.4 is 10.2 Å². The molecule has 0 radical (unpaired) electrons. The van der Waals surface area contributed by atoms with Gasteiger partial charge >= 0.3 is 0 Å². The Hall–Kier alpha value is -2.84. The van der Waals surface area contributed by atoms with E-state index in [0.29, 0.717) is 6.54 Å². The molecule has 1 amide bonds. The number of hydrogen-bond donors (Lipinski definition) is 1. The van der Waals surface area contributed by atoms with Gasteiger partial charge in [-0.15, -0.1) is 18.3 Å². The Balaban J connectivity index is 1.50. The molecule has 0 bridgehead atoms. The van der Waals surface area contributed by atoms with Gasteiger partial charge in [0.2, 0.25) is 5.91 Å². The van der Waals surface area contributed by atoms with E-state index in [9.17, 15) is 14.9 Å². The van der Waals surface area contributed by atoms with Crippen LogP contribution in [0.2, 0.25) is 0 Å². The summed E-state index contributed by atoms with van der Waals surface area (Å²) in [7, 11) is 0. The minimum atomic E-state index is -0.394. The van der Waals surface area contributed by atoms with Crippen LogP contribution in [0.3, 0.4) is 0 Å². The van der Waals surface area contributed by atoms with Gasteiger partial charge in [0.1, 0.15) is 0 Å². The summed E-state index contributed by atoms with van der Waals surface area (Å²) in [6.45, 7) is 7.15. The molecule has 0 atom stereocenters. The maximum Gasteiger partial charge on any atom is 0.269 e. The number of nitro benzene ring substituents is 1. The van der Waals surface area contributed by atoms with Gasteiger partial charge in [0.25, 0.3) is 5.69 Å². The first-order valence-electron chi connectivity index (χ1n) is 9.41. The van der Waals surface area contributed by atoms with Gasteiger partial charge in [-0.05, 0) is 24.3 Å². The molecule has 3 rings (SSSR count). The van der Waals surface area contributed by atoms with E-state index in [4.69, 9.17) is 0 Å². The number of nitrogens with zero attached hydrogens (tertiary/aromatic N) is 3. The Kier molecular flexibility index (Phi) is 7.26. The van der Waals surface area contributed by atoms with Gasteiger partial charge in [0.05, 0.1) is 17.2 Å². The molecule has 1 saturated heterocycles. The van der Waals surface area contributed by atoms with Crippen LogP contribution in [0, 0.1) is 10.1 Å². The fraction of sp³-hybridized carbons (Fsp3) is 0.286. The Bertz CT molecular complexity index is 864. The van der Waals surface area contributed by atoms with Crippen molar-refractivity contribution in [3.63, 3.8) is 0 Å². The predicted molar refractivity (Wildman–Crippen MR) is 118 cm³/mol. The number of amides is 1. The maximum absolute atomic E-state index is 12.5. The van der Waals surface area contributed by atoms with Gasteiger partial charge in [0.15, 0.2) is 0 Å². The van der Waals surface area contributed by atoms with Crippen LogP contribution in [0.4, 0.5) is 17.1 Å². The fourth-order valence-electron chi connectivity index (χ4n) is 3.19. The van der Waals surface area contributed by atoms with Crippen molar-refractivity contribution in [1.82, 2.24) is 4.90 Å². The minimum absolute atomic E-state index is 0.0274. The molecule has 29 heavy (non-hydrogen) atoms. The van der Waals surface area contributed by atoms with Gasteiger partial charge in [0, 0.05) is 54.6 Å². The van der Waals surface area contributed by atoms with Gasteiger partial charge in [-0.1, -0.05) is 18.2 Å². The number of non-ortho nitro benzene ring substituents is 1. The van der Waals surface area contributed by atoms with Crippen LogP contribution in [0.5, 0.6) is 0 Å². The fourth-order valence-corrected chi connectivity index (χ4v) is 3.93. The second kappa shape index (κ2) is 10.1. The number of carbonyl (C=O) groups excluding carboxylic acids is 1. The summed E-state index contributed by atoms with van der Waals surface area (Å²) in [6.07, 6.45) is 1.84. The maximum atomic E-state index is 12.5. The molecule has 0 spiro atoms. The van der Waals surface area contributed by atoms with Gasteiger partial charge in [-0.2, -0.15) is 0 Å². The van der Waals surface area contributed by atoms with Crippen LogP contribution in [0.15, 0.2) is 66.1 Å². The van der Waals surface area contributed by atoms with Crippen molar-refractivity contribution < 1.29 is 9.72 Å². The van der Waals surface area contributed by atoms with E-state index in [0.717, 1.165) is 48.2 Å². The number of hydrogen-bond acceptors (Lipinski definition) is 6. The van der Waals surface area contributed by atoms with E-state index in [1.165, 1.54) is 12.1 Å². The molecule has 1 N–H and O–H groups in total. The van der Waals surface area contributed by atoms with Crippen molar-refractivity contribution in [2.24, 2.45) is 0 Å². The van der Waals surface area contributed by atoms with E-state index in [2.05, 4.69) is 21.7 Å². The molecule has 152 valence electrons. The molecule has 0 aliphatic carbocycles. The third kappa shape index (κ3) is 5.82. The molecule has 2 aromatic carbocycles. The van der Waals surface area contributed by atoms with E-state index in [1.54, 1.807) is 23.9 Å². The third-order valence-corrected chi connectivity index (χ3v) is 5.75. The summed E-state index contributed by atoms with van der Waals surface area (Å²) in [4.78, 5) is 28.2. The standard InChI is InChI=1S/C21H24N4O3S/c1-2-15-29-20-6-4-3-5-19(20)22-21(26)16-23-11-13-24(14-12-23)17-7-9-18(10-8-17)25(27)28/h2-10H,1,11-16H2,(H,22,26). The lowest BCUT2D eigenvalue weighted by atomic mass is 10.2. The van der Waals surface area contributed by atoms with Crippen molar-refractivity contribution in [1.29, 1.82) is 0 Å². The quantitative estimate of drug-likeness (QED) is 0.309. The molecule has 1 aliphatic heterocycles. The summed E-state index contributed by atoms with van der Waals surface area (Å²) in [6, 6.07) is 14.4. The molecule has 0 aromatic heterocycles. The van der Waals surface area contributed by atoms with Crippen molar-refractivity contribution in [2.45, 2.75) is 4.90 Å². The highest BCUT2D eigenvalue weighted by Crippen LogP contribution is 2.27. The first-order chi connectivity index (χ1) is 14.1. The largest absolute Gasteiger partial charge is 0.369 e. The third-order valence-electron chi connectivity index (χ3n) is 4.68. The zero-order chi connectivity index (χ0) is 20.6. The lowest BCUT2D eigenvalue weighted by Gasteiger charge is -2.35. The summed E-state index contributed by atoms with van der Waals surface area (Å²) in [5, 5.41) is 13.8. The molecule has 1 aliphatic rings. The van der Waals surface area contributed by atoms with Crippen molar-refractivity contribution in [3.05, 3.63) is 71.3 Å². The van der Waals surface area contributed by atoms with Gasteiger partial charge in [-0.3, -0.25) is 19.8 Å². The van der Waals surface area contributed by atoms with Crippen LogP contribution in [0.25, 0.3) is 0 Å². The number of carbonyl (C=O) groups is 1. The number of anilines is 2. The topological polar surface area (TPSA) is 78.7 Å². The summed E-state index contributed by atoms with van der Waals surface area (Å²) in [5.74, 6) is 0.762. The predicted octanol–water partition coefficient (Wildman–Crippen LogP) is 3.63. The van der Waals surface area contributed by atoms with Crippen molar-refractivity contribution in [3.8, 4) is 0 Å². The highest BCUT2D eigenvalue weighted by atomic mass is 32.2. The monoisotopic (exact) mass is 412 g/mol. The van der Waals surface area contributed by atoms with Crippen LogP contribution >= 0.6 is 11.8 Å². The molecular weight excluding hydrogens is 388 g/mol. The van der Waals surface area contributed by atoms with Crippen LogP contribution in [-0.4, -0.2) is 54.2 Å². The van der Waals surface area contributed by atoms with Crippen LogP contribution in [0.1, 0.15) is 0 Å². The summed E-state index contributed by atoms with van der Waals surface area (Å²) in [5.41, 5.74) is 1.89. The van der Waals surface area contributed by atoms with E-state index < -0.39 is 4.92 Å². The molecule has 7 nitrogen and oxygen atoms in total. The highest BCUT2D eigenvalue weighted by molar-refractivity contribution is 7.99. The molecule has 2 aromatic rings. The smallest absolute Gasteiger partial charge is 0.269 e. The van der Waals surface area contributed by atoms with Crippen LogP contribution in [-0.2, 0) is 4.79 Å². The lowest BCUT2D eigenvalue weighted by Crippen LogP contribution is -2.48. The van der Waals surface area contributed by atoms with E-state index >= 15 is 0 Å². The van der Waals surface area contributed by atoms with Gasteiger partial charge in [-0.25, -0.2) is 0 Å². The SMILES string of the molecule is C=CCSc1ccccc1NC(=O)CN1CCN(c2ccc([N+](=O)[O-])cc2)CC1. The number of nitrogens with one attached hydrogen (secondary N) is 1. The van der Waals surface area contributed by atoms with Crippen molar-refractivity contribution >= 4 is 34.7 Å². The average molecular weight is 413 g/mol. The number of para-hydroxylation sites is 1. The first kappa shape index (κ1) is 20.9. The molecule has 0 unspecified atom stereocenters. The minimum Gasteiger partial charge on any atom is -0.369 e. The normalized spacial score (nSPS) is 14.4. The first-order valence-corrected chi connectivity index (χ1v) is 10.4. The van der Waals surface area contributed by atoms with E-state index in [-0.39, 0.29) is 11.6 Å². The lowest BCUT2D eigenvalue weighted by molar-refractivity contribution is -0.384. The van der Waals surface area contributed by atoms with E-state index in [1.807, 2.05) is 30.3 Å². The summed E-state index contributed by atoms with van der Waals surface area (Å²) >= 11 is 1.64. The second-order valence-corrected chi connectivity index (χ2v) is 7.74. The number of nitro groups is 1. The Morgan fingerprint density at radius 2 is 1.83 bits per heavy atom. The molecule has 8 heteroatoms. The number of benzene rings is 2. The number of rotatable bonds is 8. The average Bonchev–Trinajstić information content (AvgIpc) is 2.73. The molecule has 1 heterocycles. The Labute approximate surface area is 174 Å². The number of thioether (sulfide) groups is 1.